The van der Waals surface area contributed by atoms with Gasteiger partial charge in [0.05, 0.1) is 22.4 Å². The van der Waals surface area contributed by atoms with Gasteiger partial charge in [-0.1, -0.05) is 60.1 Å². The number of nitrogens with zero attached hydrogens (tertiary/aromatic N) is 3. The average Bonchev–Trinajstić information content (AvgIpc) is 3.10. The van der Waals surface area contributed by atoms with Gasteiger partial charge in [0.2, 0.25) is 0 Å². The minimum atomic E-state index is -4.65. The van der Waals surface area contributed by atoms with Gasteiger partial charge in [-0.05, 0) is 28.3 Å². The van der Waals surface area contributed by atoms with E-state index in [2.05, 4.69) is 4.98 Å². The van der Waals surface area contributed by atoms with Crippen molar-refractivity contribution in [3.63, 3.8) is 0 Å². The van der Waals surface area contributed by atoms with Crippen LogP contribution < -0.4 is 5.01 Å². The van der Waals surface area contributed by atoms with Crippen LogP contribution in [0.3, 0.4) is 0 Å². The highest BCUT2D eigenvalue weighted by atomic mass is 35.5. The van der Waals surface area contributed by atoms with E-state index in [4.69, 9.17) is 11.6 Å². The minimum Gasteiger partial charge on any atom is -0.379 e. The number of carbonyl (C=O) groups is 2. The van der Waals surface area contributed by atoms with E-state index in [1.165, 1.54) is 7.05 Å². The first kappa shape index (κ1) is 22.1. The summed E-state index contributed by atoms with van der Waals surface area (Å²) in [5.74, 6) is -3.90. The second-order valence-electron chi connectivity index (χ2n) is 8.96. The lowest BCUT2D eigenvalue weighted by molar-refractivity contribution is -0.143. The number of amides is 2. The molecule has 178 valence electrons. The number of rotatable bonds is 2. The molecule has 2 bridgehead atoms. The Hall–Kier alpha value is -3.43. The fourth-order valence-corrected chi connectivity index (χ4v) is 6.22. The van der Waals surface area contributed by atoms with E-state index in [0.29, 0.717) is 23.4 Å². The average molecular weight is 500 g/mol. The Morgan fingerprint density at radius 1 is 1.03 bits per heavy atom. The van der Waals surface area contributed by atoms with Crippen molar-refractivity contribution in [2.45, 2.75) is 17.7 Å². The summed E-state index contributed by atoms with van der Waals surface area (Å²) >= 11 is 6.10. The van der Waals surface area contributed by atoms with Gasteiger partial charge >= 0.3 is 6.18 Å². The molecule has 1 aromatic heterocycles. The number of aliphatic hydroxyl groups is 1. The summed E-state index contributed by atoms with van der Waals surface area (Å²) in [6, 6.07) is 15.1. The van der Waals surface area contributed by atoms with Gasteiger partial charge in [-0.25, -0.2) is 4.98 Å². The zero-order valence-corrected chi connectivity index (χ0v) is 18.9. The number of hydrogen-bond donors (Lipinski definition) is 1. The van der Waals surface area contributed by atoms with Crippen LogP contribution in [0.15, 0.2) is 60.8 Å². The molecule has 1 saturated heterocycles. The summed E-state index contributed by atoms with van der Waals surface area (Å²) < 4.78 is 39.2. The Morgan fingerprint density at radius 2 is 1.60 bits per heavy atom. The molecule has 1 fully saturated rings. The molecule has 10 heteroatoms. The molecule has 0 radical (unpaired) electrons. The third kappa shape index (κ3) is 2.73. The molecular formula is C25H17ClF3N3O3. The third-order valence-electron chi connectivity index (χ3n) is 7.31. The number of pyridine rings is 1. The van der Waals surface area contributed by atoms with Crippen molar-refractivity contribution in [1.29, 1.82) is 0 Å². The zero-order valence-electron chi connectivity index (χ0n) is 18.1. The van der Waals surface area contributed by atoms with E-state index in [1.807, 2.05) is 24.3 Å². The van der Waals surface area contributed by atoms with E-state index in [1.54, 1.807) is 24.3 Å². The van der Waals surface area contributed by atoms with E-state index >= 15 is 0 Å². The highest BCUT2D eigenvalue weighted by Crippen LogP contribution is 2.63. The van der Waals surface area contributed by atoms with Crippen molar-refractivity contribution in [3.05, 3.63) is 93.6 Å². The molecular weight excluding hydrogens is 483 g/mol. The molecule has 0 saturated carbocycles. The van der Waals surface area contributed by atoms with Crippen LogP contribution in [-0.4, -0.2) is 34.0 Å². The van der Waals surface area contributed by atoms with Gasteiger partial charge in [0.25, 0.3) is 11.8 Å². The van der Waals surface area contributed by atoms with Crippen molar-refractivity contribution in [2.75, 3.05) is 12.1 Å². The first-order chi connectivity index (χ1) is 16.6. The van der Waals surface area contributed by atoms with Gasteiger partial charge in [0.1, 0.15) is 5.60 Å². The van der Waals surface area contributed by atoms with Crippen LogP contribution in [0.5, 0.6) is 0 Å². The topological polar surface area (TPSA) is 73.7 Å². The predicted molar refractivity (Wildman–Crippen MR) is 119 cm³/mol. The maximum absolute atomic E-state index is 13.8. The molecule has 0 unspecified atom stereocenters. The summed E-state index contributed by atoms with van der Waals surface area (Å²) in [6.45, 7) is 0. The van der Waals surface area contributed by atoms with Gasteiger partial charge in [0, 0.05) is 19.2 Å². The number of alkyl halides is 3. The fourth-order valence-electron chi connectivity index (χ4n) is 5.93. The molecule has 0 spiro atoms. The van der Waals surface area contributed by atoms with E-state index < -0.39 is 46.9 Å². The van der Waals surface area contributed by atoms with Gasteiger partial charge in [0.15, 0.2) is 5.82 Å². The van der Waals surface area contributed by atoms with E-state index in [0.717, 1.165) is 21.1 Å². The SMILES string of the molecule is CN(c1ncc(C(F)(F)F)cc1Cl)N1C(=O)[C@@H]2[C@@H](C1=O)C1c3ccccc3C2(O)c2ccccc21. The Bertz CT molecular complexity index is 1380. The molecule has 2 amide bonds. The second-order valence-corrected chi connectivity index (χ2v) is 9.37. The molecule has 35 heavy (non-hydrogen) atoms. The van der Waals surface area contributed by atoms with Crippen molar-refractivity contribution in [2.24, 2.45) is 11.8 Å². The van der Waals surface area contributed by atoms with E-state index in [-0.39, 0.29) is 10.8 Å². The molecule has 2 heterocycles. The van der Waals surface area contributed by atoms with Crippen LogP contribution >= 0.6 is 11.6 Å². The number of halogens is 4. The van der Waals surface area contributed by atoms with E-state index in [9.17, 15) is 27.9 Å². The maximum atomic E-state index is 13.8. The molecule has 7 rings (SSSR count). The molecule has 3 aromatic rings. The first-order valence-corrected chi connectivity index (χ1v) is 11.2. The lowest BCUT2D eigenvalue weighted by Gasteiger charge is -2.51. The van der Waals surface area contributed by atoms with Crippen LogP contribution in [0.1, 0.15) is 33.7 Å². The van der Waals surface area contributed by atoms with Gasteiger partial charge in [-0.15, -0.1) is 0 Å². The summed E-state index contributed by atoms with van der Waals surface area (Å²) in [6.07, 6.45) is -4.05. The molecule has 3 aliphatic carbocycles. The number of hydrazine groups is 1. The van der Waals surface area contributed by atoms with Crippen LogP contribution in [0.2, 0.25) is 5.02 Å². The number of hydrogen-bond acceptors (Lipinski definition) is 5. The first-order valence-electron chi connectivity index (χ1n) is 10.8. The molecule has 1 aliphatic heterocycles. The Balaban J connectivity index is 1.48. The molecule has 1 N–H and O–H groups in total. The summed E-state index contributed by atoms with van der Waals surface area (Å²) in [5, 5.41) is 13.7. The third-order valence-corrected chi connectivity index (χ3v) is 7.58. The van der Waals surface area contributed by atoms with Crippen molar-refractivity contribution in [1.82, 2.24) is 9.99 Å². The van der Waals surface area contributed by atoms with Crippen molar-refractivity contribution in [3.8, 4) is 0 Å². The Kier molecular flexibility index (Phi) is 4.44. The van der Waals surface area contributed by atoms with Crippen LogP contribution in [-0.2, 0) is 21.4 Å². The lowest BCUT2D eigenvalue weighted by atomic mass is 9.52. The van der Waals surface area contributed by atoms with Crippen molar-refractivity contribution >= 4 is 29.2 Å². The van der Waals surface area contributed by atoms with Gasteiger partial charge < -0.3 is 5.11 Å². The number of carbonyl (C=O) groups excluding carboxylic acids is 2. The second kappa shape index (κ2) is 7.05. The monoisotopic (exact) mass is 499 g/mol. The van der Waals surface area contributed by atoms with Crippen LogP contribution in [0, 0.1) is 11.8 Å². The Morgan fingerprint density at radius 3 is 2.14 bits per heavy atom. The van der Waals surface area contributed by atoms with Gasteiger partial charge in [-0.2, -0.15) is 18.2 Å². The highest BCUT2D eigenvalue weighted by molar-refractivity contribution is 6.33. The predicted octanol–water partition coefficient (Wildman–Crippen LogP) is 4.10. The fraction of sp³-hybridized carbons (Fsp3) is 0.240. The van der Waals surface area contributed by atoms with Gasteiger partial charge in [-0.3, -0.25) is 14.6 Å². The van der Waals surface area contributed by atoms with Crippen LogP contribution in [0.25, 0.3) is 0 Å². The normalized spacial score (nSPS) is 26.5. The largest absolute Gasteiger partial charge is 0.417 e. The Labute approximate surface area is 202 Å². The number of benzene rings is 2. The molecule has 2 aromatic carbocycles. The number of imide groups is 1. The smallest absolute Gasteiger partial charge is 0.379 e. The maximum Gasteiger partial charge on any atom is 0.417 e. The molecule has 4 aliphatic rings. The minimum absolute atomic E-state index is 0.186. The lowest BCUT2D eigenvalue weighted by Crippen LogP contribution is -2.53. The molecule has 2 atom stereocenters. The number of anilines is 1. The highest BCUT2D eigenvalue weighted by Gasteiger charge is 2.68. The zero-order chi connectivity index (χ0) is 24.9. The summed E-state index contributed by atoms with van der Waals surface area (Å²) in [5.41, 5.74) is -0.113. The summed E-state index contributed by atoms with van der Waals surface area (Å²) in [4.78, 5) is 31.3. The summed E-state index contributed by atoms with van der Waals surface area (Å²) in [7, 11) is 1.33. The molecule has 6 nitrogen and oxygen atoms in total. The quantitative estimate of drug-likeness (QED) is 0.537. The van der Waals surface area contributed by atoms with Crippen molar-refractivity contribution < 1.29 is 27.9 Å². The number of aromatic nitrogens is 1. The van der Waals surface area contributed by atoms with Crippen LogP contribution in [0.4, 0.5) is 19.0 Å². The standard InChI is InChI=1S/C25H17ClF3N3O3/c1-31(21-17(26)10-12(11-30-21)25(27,28)29)32-22(33)19-18-13-6-2-4-8-15(13)24(35,20(19)23(32)34)16-9-5-3-7-14(16)18/h2-11,18-20,35H,1H3/t18?,19-,20-,24?/m0/s1.